The average molecular weight is 391 g/mol. The van der Waals surface area contributed by atoms with Crippen LogP contribution < -0.4 is 15.6 Å². The van der Waals surface area contributed by atoms with Crippen LogP contribution in [0, 0.1) is 17.7 Å². The molecule has 3 rings (SSSR count). The van der Waals surface area contributed by atoms with E-state index in [9.17, 15) is 23.6 Å². The van der Waals surface area contributed by atoms with Crippen molar-refractivity contribution < 1.29 is 28.3 Å². The number of halogens is 1. The second-order valence-corrected chi connectivity index (χ2v) is 6.92. The highest BCUT2D eigenvalue weighted by atomic mass is 19.1. The van der Waals surface area contributed by atoms with E-state index in [1.165, 1.54) is 18.2 Å². The molecule has 0 unspecified atom stereocenters. The Hall–Kier alpha value is -2.97. The van der Waals surface area contributed by atoms with Gasteiger partial charge in [0.05, 0.1) is 11.8 Å². The molecule has 0 bridgehead atoms. The molecule has 2 N–H and O–H groups in total. The fourth-order valence-corrected chi connectivity index (χ4v) is 3.61. The number of nitrogens with one attached hydrogen (secondary N) is 2. The second-order valence-electron chi connectivity index (χ2n) is 6.92. The van der Waals surface area contributed by atoms with Crippen LogP contribution in [0.1, 0.15) is 32.1 Å². The van der Waals surface area contributed by atoms with Crippen LogP contribution in [-0.4, -0.2) is 41.7 Å². The van der Waals surface area contributed by atoms with E-state index in [0.717, 1.165) is 36.6 Å². The summed E-state index contributed by atoms with van der Waals surface area (Å²) in [5.74, 6) is -2.35. The van der Waals surface area contributed by atoms with Gasteiger partial charge in [0.2, 0.25) is 17.7 Å². The summed E-state index contributed by atoms with van der Waals surface area (Å²) in [6, 6.07) is 5.32. The SMILES string of the molecule is O=C(CCN1C(=O)[C@H]2CCCC[C@@H]2C1=O)NNC(=O)COc1cccc(F)c1. The molecule has 1 aromatic rings. The van der Waals surface area contributed by atoms with Crippen LogP contribution in [-0.2, 0) is 19.2 Å². The molecule has 2 fully saturated rings. The van der Waals surface area contributed by atoms with Crippen LogP contribution in [0.2, 0.25) is 0 Å². The number of carbonyl (C=O) groups is 4. The molecular formula is C19H22FN3O5. The van der Waals surface area contributed by atoms with Crippen molar-refractivity contribution in [3.05, 3.63) is 30.1 Å². The summed E-state index contributed by atoms with van der Waals surface area (Å²) in [5, 5.41) is 0. The van der Waals surface area contributed by atoms with Crippen molar-refractivity contribution in [2.24, 2.45) is 11.8 Å². The molecule has 1 saturated carbocycles. The number of nitrogens with zero attached hydrogens (tertiary/aromatic N) is 1. The maximum absolute atomic E-state index is 13.0. The molecule has 9 heteroatoms. The van der Waals surface area contributed by atoms with E-state index in [-0.39, 0.29) is 42.4 Å². The van der Waals surface area contributed by atoms with E-state index in [0.29, 0.717) is 0 Å². The maximum atomic E-state index is 13.0. The minimum atomic E-state index is -0.628. The highest BCUT2D eigenvalue weighted by Gasteiger charge is 2.47. The number of hydrogen-bond donors (Lipinski definition) is 2. The smallest absolute Gasteiger partial charge is 0.276 e. The summed E-state index contributed by atoms with van der Waals surface area (Å²) < 4.78 is 18.1. The molecule has 28 heavy (non-hydrogen) atoms. The normalized spacial score (nSPS) is 21.2. The van der Waals surface area contributed by atoms with Crippen molar-refractivity contribution in [1.29, 1.82) is 0 Å². The van der Waals surface area contributed by atoms with Crippen molar-refractivity contribution in [2.75, 3.05) is 13.2 Å². The molecule has 2 atom stereocenters. The number of carbonyl (C=O) groups excluding carboxylic acids is 4. The first-order chi connectivity index (χ1) is 13.5. The quantitative estimate of drug-likeness (QED) is 0.554. The van der Waals surface area contributed by atoms with E-state index in [1.54, 1.807) is 0 Å². The van der Waals surface area contributed by atoms with Crippen LogP contribution in [0.5, 0.6) is 5.75 Å². The van der Waals surface area contributed by atoms with E-state index < -0.39 is 24.2 Å². The molecule has 1 aliphatic heterocycles. The van der Waals surface area contributed by atoms with Gasteiger partial charge in [0.25, 0.3) is 5.91 Å². The monoisotopic (exact) mass is 391 g/mol. The summed E-state index contributed by atoms with van der Waals surface area (Å²) in [7, 11) is 0. The van der Waals surface area contributed by atoms with Crippen LogP contribution in [0.4, 0.5) is 4.39 Å². The average Bonchev–Trinajstić information content (AvgIpc) is 2.94. The molecule has 0 spiro atoms. The summed E-state index contributed by atoms with van der Waals surface area (Å²) in [5.41, 5.74) is 4.37. The lowest BCUT2D eigenvalue weighted by molar-refractivity contribution is -0.140. The van der Waals surface area contributed by atoms with Gasteiger partial charge >= 0.3 is 0 Å². The Kier molecular flexibility index (Phi) is 6.23. The zero-order valence-corrected chi connectivity index (χ0v) is 15.3. The minimum absolute atomic E-state index is 0.00778. The topological polar surface area (TPSA) is 105 Å². The molecule has 150 valence electrons. The van der Waals surface area contributed by atoms with Gasteiger partial charge in [-0.3, -0.25) is 34.9 Å². The predicted molar refractivity (Wildman–Crippen MR) is 95.0 cm³/mol. The van der Waals surface area contributed by atoms with Crippen LogP contribution >= 0.6 is 0 Å². The van der Waals surface area contributed by atoms with E-state index in [1.807, 2.05) is 0 Å². The summed E-state index contributed by atoms with van der Waals surface area (Å²) in [6.45, 7) is -0.414. The second kappa shape index (κ2) is 8.81. The Morgan fingerprint density at radius 3 is 2.36 bits per heavy atom. The molecule has 1 aliphatic carbocycles. The van der Waals surface area contributed by atoms with Gasteiger partial charge in [0.15, 0.2) is 6.61 Å². The third-order valence-corrected chi connectivity index (χ3v) is 5.00. The number of imide groups is 1. The Labute approximate surface area is 161 Å². The zero-order chi connectivity index (χ0) is 20.1. The van der Waals surface area contributed by atoms with Crippen molar-refractivity contribution in [3.63, 3.8) is 0 Å². The molecule has 1 heterocycles. The van der Waals surface area contributed by atoms with Gasteiger partial charge in [-0.15, -0.1) is 0 Å². The first-order valence-corrected chi connectivity index (χ1v) is 9.27. The number of benzene rings is 1. The molecule has 0 aromatic heterocycles. The van der Waals surface area contributed by atoms with Gasteiger partial charge in [0, 0.05) is 19.0 Å². The van der Waals surface area contributed by atoms with Gasteiger partial charge in [-0.25, -0.2) is 4.39 Å². The Balaban J connectivity index is 1.38. The zero-order valence-electron chi connectivity index (χ0n) is 15.3. The molecule has 2 aliphatic rings. The molecule has 1 aromatic carbocycles. The maximum Gasteiger partial charge on any atom is 0.276 e. The highest BCUT2D eigenvalue weighted by molar-refractivity contribution is 6.05. The summed E-state index contributed by atoms with van der Waals surface area (Å²) in [6.07, 6.45) is 3.22. The summed E-state index contributed by atoms with van der Waals surface area (Å²) >= 11 is 0. The van der Waals surface area contributed by atoms with Crippen LogP contribution in [0.15, 0.2) is 24.3 Å². The van der Waals surface area contributed by atoms with Gasteiger partial charge in [-0.05, 0) is 25.0 Å². The molecule has 1 saturated heterocycles. The van der Waals surface area contributed by atoms with Gasteiger partial charge in [-0.2, -0.15) is 0 Å². The molecular weight excluding hydrogens is 369 g/mol. The van der Waals surface area contributed by atoms with Gasteiger partial charge < -0.3 is 4.74 Å². The standard InChI is InChI=1S/C19H22FN3O5/c20-12-4-3-5-13(10-12)28-11-17(25)22-21-16(24)8-9-23-18(26)14-6-1-2-7-15(14)19(23)27/h3-5,10,14-15H,1-2,6-9,11H2,(H,21,24)(H,22,25)/t14-,15-/m0/s1. The van der Waals surface area contributed by atoms with Crippen molar-refractivity contribution in [1.82, 2.24) is 15.8 Å². The third-order valence-electron chi connectivity index (χ3n) is 5.00. The number of hydrogen-bond acceptors (Lipinski definition) is 5. The molecule has 0 radical (unpaired) electrons. The van der Waals surface area contributed by atoms with Crippen molar-refractivity contribution in [3.8, 4) is 5.75 Å². The number of amides is 4. The fraction of sp³-hybridized carbons (Fsp3) is 0.474. The number of ether oxygens (including phenoxy) is 1. The lowest BCUT2D eigenvalue weighted by atomic mass is 9.81. The predicted octanol–water partition coefficient (Wildman–Crippen LogP) is 0.917. The fourth-order valence-electron chi connectivity index (χ4n) is 3.61. The first kappa shape index (κ1) is 19.8. The Morgan fingerprint density at radius 1 is 1.07 bits per heavy atom. The first-order valence-electron chi connectivity index (χ1n) is 9.27. The van der Waals surface area contributed by atoms with Gasteiger partial charge in [0.1, 0.15) is 11.6 Å². The van der Waals surface area contributed by atoms with Crippen molar-refractivity contribution >= 4 is 23.6 Å². The van der Waals surface area contributed by atoms with E-state index in [4.69, 9.17) is 4.74 Å². The number of hydrazine groups is 1. The van der Waals surface area contributed by atoms with Gasteiger partial charge in [-0.1, -0.05) is 18.9 Å². The number of likely N-dealkylation sites (tertiary alicyclic amines) is 1. The summed E-state index contributed by atoms with van der Waals surface area (Å²) in [4.78, 5) is 49.4. The lowest BCUT2D eigenvalue weighted by Crippen LogP contribution is -2.45. The van der Waals surface area contributed by atoms with Crippen LogP contribution in [0.3, 0.4) is 0 Å². The Bertz CT molecular complexity index is 761. The van der Waals surface area contributed by atoms with E-state index >= 15 is 0 Å². The lowest BCUT2D eigenvalue weighted by Gasteiger charge is -2.19. The molecule has 8 nitrogen and oxygen atoms in total. The van der Waals surface area contributed by atoms with E-state index in [2.05, 4.69) is 10.9 Å². The Morgan fingerprint density at radius 2 is 1.71 bits per heavy atom. The number of rotatable bonds is 6. The molecule has 4 amide bonds. The highest BCUT2D eigenvalue weighted by Crippen LogP contribution is 2.37. The van der Waals surface area contributed by atoms with Crippen LogP contribution in [0.25, 0.3) is 0 Å². The largest absolute Gasteiger partial charge is 0.484 e. The van der Waals surface area contributed by atoms with Crippen molar-refractivity contribution in [2.45, 2.75) is 32.1 Å². The number of fused-ring (bicyclic) bond motifs is 1. The minimum Gasteiger partial charge on any atom is -0.484 e. The third kappa shape index (κ3) is 4.65.